The van der Waals surface area contributed by atoms with Gasteiger partial charge in [0.1, 0.15) is 11.6 Å². The molecular weight excluding hydrogens is 409 g/mol. The van der Waals surface area contributed by atoms with E-state index in [1.165, 1.54) is 12.1 Å². The SMILES string of the molecule is O=C(Nc1ccc(F)cc1)[C@@H](C1CCCC1)N1CCN(C(=O)COc2ccccc2)CC1. The Kier molecular flexibility index (Phi) is 7.37. The van der Waals surface area contributed by atoms with E-state index in [9.17, 15) is 14.0 Å². The standard InChI is InChI=1S/C25H30FN3O3/c26-20-10-12-21(13-11-20)27-25(31)24(19-6-4-5-7-19)29-16-14-28(15-17-29)23(30)18-32-22-8-2-1-3-9-22/h1-3,8-13,19,24H,4-7,14-18H2,(H,27,31)/t24-/m1/s1. The van der Waals surface area contributed by atoms with Gasteiger partial charge in [0, 0.05) is 31.9 Å². The largest absolute Gasteiger partial charge is 0.484 e. The number of benzene rings is 2. The van der Waals surface area contributed by atoms with Crippen LogP contribution in [0, 0.1) is 11.7 Å². The Morgan fingerprint density at radius 3 is 2.28 bits per heavy atom. The van der Waals surface area contributed by atoms with Crippen molar-refractivity contribution in [1.82, 2.24) is 9.80 Å². The minimum absolute atomic E-state index is 0.0150. The zero-order valence-corrected chi connectivity index (χ0v) is 18.2. The molecule has 1 N–H and O–H groups in total. The molecule has 1 aliphatic heterocycles. The number of carbonyl (C=O) groups is 2. The summed E-state index contributed by atoms with van der Waals surface area (Å²) in [5, 5.41) is 2.97. The first-order valence-corrected chi connectivity index (χ1v) is 11.4. The zero-order chi connectivity index (χ0) is 22.3. The Morgan fingerprint density at radius 1 is 0.969 bits per heavy atom. The van der Waals surface area contributed by atoms with E-state index in [0.717, 1.165) is 25.7 Å². The van der Waals surface area contributed by atoms with Gasteiger partial charge in [0.25, 0.3) is 5.91 Å². The van der Waals surface area contributed by atoms with Gasteiger partial charge in [-0.05, 0) is 55.2 Å². The summed E-state index contributed by atoms with van der Waals surface area (Å²) < 4.78 is 18.8. The van der Waals surface area contributed by atoms with Gasteiger partial charge in [-0.3, -0.25) is 14.5 Å². The number of nitrogens with one attached hydrogen (secondary N) is 1. The third-order valence-electron chi connectivity index (χ3n) is 6.39. The van der Waals surface area contributed by atoms with Crippen molar-refractivity contribution in [3.8, 4) is 5.75 Å². The van der Waals surface area contributed by atoms with Crippen LogP contribution in [0.1, 0.15) is 25.7 Å². The van der Waals surface area contributed by atoms with Gasteiger partial charge in [0.2, 0.25) is 5.91 Å². The fourth-order valence-corrected chi connectivity index (χ4v) is 4.70. The first-order chi connectivity index (χ1) is 15.6. The van der Waals surface area contributed by atoms with Gasteiger partial charge in [0.05, 0.1) is 6.04 Å². The molecule has 0 bridgehead atoms. The fourth-order valence-electron chi connectivity index (χ4n) is 4.70. The normalized spacial score (nSPS) is 18.3. The lowest BCUT2D eigenvalue weighted by Crippen LogP contribution is -2.57. The molecule has 0 spiro atoms. The fraction of sp³-hybridized carbons (Fsp3) is 0.440. The van der Waals surface area contributed by atoms with Crippen LogP contribution in [0.2, 0.25) is 0 Å². The molecule has 2 aliphatic rings. The summed E-state index contributed by atoms with van der Waals surface area (Å²) in [6.07, 6.45) is 4.34. The van der Waals surface area contributed by atoms with Gasteiger partial charge in [-0.25, -0.2) is 4.39 Å². The summed E-state index contributed by atoms with van der Waals surface area (Å²) in [7, 11) is 0. The van der Waals surface area contributed by atoms with Gasteiger partial charge in [0.15, 0.2) is 6.61 Å². The van der Waals surface area contributed by atoms with Gasteiger partial charge in [-0.15, -0.1) is 0 Å². The Bertz CT molecular complexity index is 892. The highest BCUT2D eigenvalue weighted by Gasteiger charge is 2.37. The predicted octanol–water partition coefficient (Wildman–Crippen LogP) is 3.55. The first kappa shape index (κ1) is 22.3. The van der Waals surface area contributed by atoms with E-state index in [-0.39, 0.29) is 30.3 Å². The monoisotopic (exact) mass is 439 g/mol. The molecule has 1 saturated heterocycles. The van der Waals surface area contributed by atoms with Crippen LogP contribution in [-0.2, 0) is 9.59 Å². The first-order valence-electron chi connectivity index (χ1n) is 11.4. The molecule has 1 heterocycles. The minimum Gasteiger partial charge on any atom is -0.484 e. The van der Waals surface area contributed by atoms with E-state index in [0.29, 0.717) is 43.5 Å². The van der Waals surface area contributed by atoms with E-state index >= 15 is 0 Å². The summed E-state index contributed by atoms with van der Waals surface area (Å²) >= 11 is 0. The van der Waals surface area contributed by atoms with Gasteiger partial charge < -0.3 is 15.0 Å². The highest BCUT2D eigenvalue weighted by Crippen LogP contribution is 2.31. The van der Waals surface area contributed by atoms with Gasteiger partial charge in [-0.1, -0.05) is 31.0 Å². The number of nitrogens with zero attached hydrogens (tertiary/aromatic N) is 2. The van der Waals surface area contributed by atoms with Crippen LogP contribution in [0.3, 0.4) is 0 Å². The number of anilines is 1. The lowest BCUT2D eigenvalue weighted by Gasteiger charge is -2.40. The maximum atomic E-state index is 13.2. The van der Waals surface area contributed by atoms with E-state index in [1.54, 1.807) is 12.1 Å². The second-order valence-electron chi connectivity index (χ2n) is 8.50. The number of ether oxygens (including phenoxy) is 1. The minimum atomic E-state index is -0.327. The molecule has 7 heteroatoms. The average molecular weight is 440 g/mol. The van der Waals surface area contributed by atoms with Crippen LogP contribution in [0.5, 0.6) is 5.75 Å². The summed E-state index contributed by atoms with van der Waals surface area (Å²) in [5.41, 5.74) is 0.603. The molecule has 1 saturated carbocycles. The molecule has 0 radical (unpaired) electrons. The third-order valence-corrected chi connectivity index (χ3v) is 6.39. The molecule has 32 heavy (non-hydrogen) atoms. The van der Waals surface area contributed by atoms with Crippen molar-refractivity contribution < 1.29 is 18.7 Å². The molecule has 1 aliphatic carbocycles. The van der Waals surface area contributed by atoms with Gasteiger partial charge >= 0.3 is 0 Å². The van der Waals surface area contributed by atoms with E-state index < -0.39 is 0 Å². The smallest absolute Gasteiger partial charge is 0.260 e. The maximum absolute atomic E-state index is 13.2. The van der Waals surface area contributed by atoms with E-state index in [2.05, 4.69) is 10.2 Å². The van der Waals surface area contributed by atoms with Crippen molar-refractivity contribution >= 4 is 17.5 Å². The van der Waals surface area contributed by atoms with Crippen molar-refractivity contribution in [2.24, 2.45) is 5.92 Å². The van der Waals surface area contributed by atoms with Crippen molar-refractivity contribution in [3.05, 3.63) is 60.4 Å². The highest BCUT2D eigenvalue weighted by molar-refractivity contribution is 5.95. The van der Waals surface area contributed by atoms with Gasteiger partial charge in [-0.2, -0.15) is 0 Å². The molecule has 170 valence electrons. The molecule has 0 aromatic heterocycles. The van der Waals surface area contributed by atoms with Crippen LogP contribution in [0.25, 0.3) is 0 Å². The molecule has 1 atom stereocenters. The molecule has 6 nitrogen and oxygen atoms in total. The number of carbonyl (C=O) groups excluding carboxylic acids is 2. The zero-order valence-electron chi connectivity index (χ0n) is 18.2. The van der Waals surface area contributed by atoms with E-state index in [4.69, 9.17) is 4.74 Å². The van der Waals surface area contributed by atoms with Crippen LogP contribution in [0.4, 0.5) is 10.1 Å². The van der Waals surface area contributed by atoms with E-state index in [1.807, 2.05) is 35.2 Å². The topological polar surface area (TPSA) is 61.9 Å². The molecule has 2 amide bonds. The lowest BCUT2D eigenvalue weighted by molar-refractivity contribution is -0.136. The second-order valence-corrected chi connectivity index (χ2v) is 8.50. The van der Waals surface area contributed by atoms with Crippen LogP contribution < -0.4 is 10.1 Å². The Morgan fingerprint density at radius 2 is 1.62 bits per heavy atom. The Hall–Kier alpha value is -2.93. The van der Waals surface area contributed by atoms with Crippen LogP contribution in [0.15, 0.2) is 54.6 Å². The van der Waals surface area contributed by atoms with Crippen LogP contribution in [-0.4, -0.2) is 60.4 Å². The maximum Gasteiger partial charge on any atom is 0.260 e. The summed E-state index contributed by atoms with van der Waals surface area (Å²) in [4.78, 5) is 29.8. The van der Waals surface area contributed by atoms with Crippen molar-refractivity contribution in [2.45, 2.75) is 31.7 Å². The Balaban J connectivity index is 1.34. The summed E-state index contributed by atoms with van der Waals surface area (Å²) in [6.45, 7) is 2.46. The van der Waals surface area contributed by atoms with Crippen molar-refractivity contribution in [1.29, 1.82) is 0 Å². The summed E-state index contributed by atoms with van der Waals surface area (Å²) in [6, 6.07) is 14.9. The number of halogens is 1. The molecule has 4 rings (SSSR count). The van der Waals surface area contributed by atoms with Crippen molar-refractivity contribution in [2.75, 3.05) is 38.1 Å². The number of hydrogen-bond donors (Lipinski definition) is 1. The molecule has 2 fully saturated rings. The Labute approximate surface area is 188 Å². The molecule has 2 aromatic rings. The number of amides is 2. The predicted molar refractivity (Wildman–Crippen MR) is 121 cm³/mol. The quantitative estimate of drug-likeness (QED) is 0.717. The third kappa shape index (κ3) is 5.65. The molecule has 0 unspecified atom stereocenters. The van der Waals surface area contributed by atoms with Crippen LogP contribution >= 0.6 is 0 Å². The number of piperazine rings is 1. The summed E-state index contributed by atoms with van der Waals surface area (Å²) in [5.74, 6) is 0.571. The number of rotatable bonds is 7. The highest BCUT2D eigenvalue weighted by atomic mass is 19.1. The average Bonchev–Trinajstić information content (AvgIpc) is 3.34. The second kappa shape index (κ2) is 10.6. The molecular formula is C25H30FN3O3. The number of hydrogen-bond acceptors (Lipinski definition) is 4. The van der Waals surface area contributed by atoms with Crippen molar-refractivity contribution in [3.63, 3.8) is 0 Å². The lowest BCUT2D eigenvalue weighted by atomic mass is 9.95. The number of para-hydroxylation sites is 1. The molecule has 2 aromatic carbocycles.